The highest BCUT2D eigenvalue weighted by Crippen LogP contribution is 2.32. The topological polar surface area (TPSA) is 97.5 Å². The van der Waals surface area contributed by atoms with Gasteiger partial charge in [0, 0.05) is 35.3 Å². The van der Waals surface area contributed by atoms with Gasteiger partial charge in [0.25, 0.3) is 0 Å². The second-order valence-electron chi connectivity index (χ2n) is 8.30. The van der Waals surface area contributed by atoms with Gasteiger partial charge in [0.15, 0.2) is 5.82 Å². The molecule has 2 N–H and O–H groups in total. The summed E-state index contributed by atoms with van der Waals surface area (Å²) in [6.45, 7) is 9.33. The molecule has 4 aromatic heterocycles. The molecule has 0 saturated carbocycles. The third-order valence-electron chi connectivity index (χ3n) is 4.58. The summed E-state index contributed by atoms with van der Waals surface area (Å²) in [6, 6.07) is 9.85. The van der Waals surface area contributed by atoms with Crippen LogP contribution >= 0.6 is 0 Å². The van der Waals surface area contributed by atoms with Crippen LogP contribution in [0.5, 0.6) is 5.75 Å². The zero-order valence-electron chi connectivity index (χ0n) is 18.3. The molecular weight excluding hydrogens is 392 g/mol. The van der Waals surface area contributed by atoms with Crippen molar-refractivity contribution in [2.75, 3.05) is 11.9 Å². The second kappa shape index (κ2) is 7.96. The van der Waals surface area contributed by atoms with Gasteiger partial charge >= 0.3 is 0 Å². The molecule has 4 heterocycles. The highest BCUT2D eigenvalue weighted by molar-refractivity contribution is 5.75. The summed E-state index contributed by atoms with van der Waals surface area (Å²) in [5, 5.41) is 17.8. The van der Waals surface area contributed by atoms with Crippen LogP contribution in [0.25, 0.3) is 16.6 Å². The molecule has 0 aliphatic rings. The van der Waals surface area contributed by atoms with Crippen LogP contribution in [0, 0.1) is 20.8 Å². The van der Waals surface area contributed by atoms with E-state index in [9.17, 15) is 5.11 Å². The molecule has 4 rings (SSSR count). The Kier molecular flexibility index (Phi) is 5.32. The molecule has 0 unspecified atom stereocenters. The first-order valence-electron chi connectivity index (χ1n) is 10.1. The van der Waals surface area contributed by atoms with Gasteiger partial charge in [-0.3, -0.25) is 4.98 Å². The molecule has 0 spiro atoms. The number of aliphatic hydroxyl groups is 1. The summed E-state index contributed by atoms with van der Waals surface area (Å²) in [7, 11) is 0. The van der Waals surface area contributed by atoms with Gasteiger partial charge in [0.05, 0.1) is 17.3 Å². The minimum Gasteiger partial charge on any atom is -0.488 e. The van der Waals surface area contributed by atoms with Crippen molar-refractivity contribution < 1.29 is 9.84 Å². The molecule has 0 aliphatic carbocycles. The monoisotopic (exact) mass is 418 g/mol. The van der Waals surface area contributed by atoms with Crippen LogP contribution in [-0.4, -0.2) is 41.9 Å². The van der Waals surface area contributed by atoms with E-state index in [1.165, 1.54) is 0 Å². The highest BCUT2D eigenvalue weighted by Gasteiger charge is 2.16. The lowest BCUT2D eigenvalue weighted by Crippen LogP contribution is -2.28. The van der Waals surface area contributed by atoms with Crippen LogP contribution in [0.3, 0.4) is 0 Å². The Bertz CT molecular complexity index is 1220. The summed E-state index contributed by atoms with van der Waals surface area (Å²) < 4.78 is 7.67. The van der Waals surface area contributed by atoms with Crippen molar-refractivity contribution in [2.45, 2.75) is 40.2 Å². The lowest BCUT2D eigenvalue weighted by molar-refractivity contribution is 0.0286. The Balaban J connectivity index is 1.66. The predicted molar refractivity (Wildman–Crippen MR) is 120 cm³/mol. The number of rotatable bonds is 6. The molecule has 0 fully saturated rings. The summed E-state index contributed by atoms with van der Waals surface area (Å²) in [5.74, 6) is 2.74. The number of ether oxygens (including phenoxy) is 1. The first-order chi connectivity index (χ1) is 14.7. The minimum atomic E-state index is -0.935. The molecule has 0 aliphatic heterocycles. The second-order valence-corrected chi connectivity index (χ2v) is 8.30. The van der Waals surface area contributed by atoms with Crippen LogP contribution in [0.4, 0.5) is 11.6 Å². The number of nitrogens with one attached hydrogen (secondary N) is 1. The van der Waals surface area contributed by atoms with E-state index in [1.807, 2.05) is 57.3 Å². The van der Waals surface area contributed by atoms with Gasteiger partial charge < -0.3 is 15.2 Å². The number of hydrogen-bond donors (Lipinski definition) is 2. The number of aromatic nitrogens is 5. The third kappa shape index (κ3) is 4.97. The smallest absolute Gasteiger partial charge is 0.154 e. The Morgan fingerprint density at radius 3 is 2.58 bits per heavy atom. The van der Waals surface area contributed by atoms with Crippen molar-refractivity contribution in [3.05, 3.63) is 59.9 Å². The van der Waals surface area contributed by atoms with Crippen molar-refractivity contribution in [1.82, 2.24) is 24.6 Å². The summed E-state index contributed by atoms with van der Waals surface area (Å²) in [6.07, 6.45) is 3.60. The lowest BCUT2D eigenvalue weighted by atomic mass is 10.1. The number of aryl methyl sites for hydroxylation is 3. The Labute approximate surface area is 181 Å². The fraction of sp³-hybridized carbons (Fsp3) is 0.304. The van der Waals surface area contributed by atoms with Crippen molar-refractivity contribution in [2.24, 2.45) is 0 Å². The Hall–Kier alpha value is -3.52. The maximum atomic E-state index is 10.0. The van der Waals surface area contributed by atoms with Crippen LogP contribution in [0.15, 0.2) is 42.7 Å². The molecule has 160 valence electrons. The third-order valence-corrected chi connectivity index (χ3v) is 4.58. The first kappa shape index (κ1) is 20.7. The van der Waals surface area contributed by atoms with Crippen LogP contribution in [0.2, 0.25) is 0 Å². The summed E-state index contributed by atoms with van der Waals surface area (Å²) >= 11 is 0. The first-order valence-corrected chi connectivity index (χ1v) is 10.1. The van der Waals surface area contributed by atoms with Crippen molar-refractivity contribution in [3.63, 3.8) is 0 Å². The molecule has 4 aromatic rings. The van der Waals surface area contributed by atoms with E-state index in [0.29, 0.717) is 23.2 Å². The van der Waals surface area contributed by atoms with Gasteiger partial charge in [-0.15, -0.1) is 0 Å². The van der Waals surface area contributed by atoms with Crippen molar-refractivity contribution in [1.29, 1.82) is 0 Å². The maximum Gasteiger partial charge on any atom is 0.154 e. The Morgan fingerprint density at radius 2 is 1.84 bits per heavy atom. The van der Waals surface area contributed by atoms with Crippen molar-refractivity contribution >= 4 is 17.2 Å². The molecule has 31 heavy (non-hydrogen) atoms. The quantitative estimate of drug-likeness (QED) is 0.488. The van der Waals surface area contributed by atoms with E-state index in [2.05, 4.69) is 25.4 Å². The molecular formula is C23H26N6O2. The average molecular weight is 419 g/mol. The van der Waals surface area contributed by atoms with Gasteiger partial charge in [-0.05, 0) is 58.4 Å². The van der Waals surface area contributed by atoms with Crippen molar-refractivity contribution in [3.8, 4) is 16.9 Å². The van der Waals surface area contributed by atoms with E-state index in [1.54, 1.807) is 24.6 Å². The van der Waals surface area contributed by atoms with Gasteiger partial charge in [-0.2, -0.15) is 5.10 Å². The van der Waals surface area contributed by atoms with Crippen LogP contribution in [-0.2, 0) is 0 Å². The van der Waals surface area contributed by atoms with Gasteiger partial charge in [-0.1, -0.05) is 0 Å². The average Bonchev–Trinajstić information content (AvgIpc) is 3.06. The predicted octanol–water partition coefficient (Wildman–Crippen LogP) is 4.00. The number of hydrogen-bond acceptors (Lipinski definition) is 7. The SMILES string of the molecule is Cc1cc(-c2ccn3nc(Nc4cc(C)nc(C)n4)cc3c2)c(OCC(C)(C)O)cn1. The molecule has 0 bridgehead atoms. The summed E-state index contributed by atoms with van der Waals surface area (Å²) in [4.78, 5) is 13.1. The summed E-state index contributed by atoms with van der Waals surface area (Å²) in [5.41, 5.74) is 3.66. The number of pyridine rings is 2. The molecule has 0 radical (unpaired) electrons. The van der Waals surface area contributed by atoms with Crippen LogP contribution < -0.4 is 10.1 Å². The number of fused-ring (bicyclic) bond motifs is 1. The molecule has 0 atom stereocenters. The standard InChI is InChI=1S/C23H26N6O2/c1-14-8-19(20(12-24-14)31-13-23(4,5)30)17-6-7-29-18(10-17)11-22(28-29)27-21-9-15(2)25-16(3)26-21/h6-12,30H,13H2,1-5H3,(H,25,26,27,28). The maximum absolute atomic E-state index is 10.0. The number of nitrogens with zero attached hydrogens (tertiary/aromatic N) is 5. The molecule has 0 saturated heterocycles. The fourth-order valence-corrected chi connectivity index (χ4v) is 3.28. The van der Waals surface area contributed by atoms with E-state index >= 15 is 0 Å². The van der Waals surface area contributed by atoms with E-state index < -0.39 is 5.60 Å². The zero-order valence-corrected chi connectivity index (χ0v) is 18.3. The zero-order chi connectivity index (χ0) is 22.2. The minimum absolute atomic E-state index is 0.172. The van der Waals surface area contributed by atoms with Crippen LogP contribution in [0.1, 0.15) is 31.1 Å². The fourth-order valence-electron chi connectivity index (χ4n) is 3.28. The van der Waals surface area contributed by atoms with E-state index in [4.69, 9.17) is 4.74 Å². The van der Waals surface area contributed by atoms with Gasteiger partial charge in [-0.25, -0.2) is 14.5 Å². The number of anilines is 2. The lowest BCUT2D eigenvalue weighted by Gasteiger charge is -2.19. The molecule has 0 amide bonds. The Morgan fingerprint density at radius 1 is 1.03 bits per heavy atom. The molecule has 8 nitrogen and oxygen atoms in total. The molecule has 0 aromatic carbocycles. The van der Waals surface area contributed by atoms with E-state index in [0.717, 1.165) is 28.0 Å². The van der Waals surface area contributed by atoms with E-state index in [-0.39, 0.29) is 6.61 Å². The van der Waals surface area contributed by atoms with Gasteiger partial charge in [0.2, 0.25) is 0 Å². The van der Waals surface area contributed by atoms with Gasteiger partial charge in [0.1, 0.15) is 24.0 Å². The normalized spacial score (nSPS) is 11.7. The molecule has 8 heteroatoms. The highest BCUT2D eigenvalue weighted by atomic mass is 16.5. The largest absolute Gasteiger partial charge is 0.488 e.